The molecule has 0 bridgehead atoms. The van der Waals surface area contributed by atoms with Crippen LogP contribution < -0.4 is 0 Å². The van der Waals surface area contributed by atoms with E-state index in [1.807, 2.05) is 6.92 Å². The Hall–Kier alpha value is -0.160. The third-order valence-electron chi connectivity index (χ3n) is 2.41. The fourth-order valence-corrected chi connectivity index (χ4v) is 1.62. The lowest BCUT2D eigenvalue weighted by Crippen LogP contribution is -2.53. The maximum atomic E-state index is 5.51. The Labute approximate surface area is 79.1 Å². The van der Waals surface area contributed by atoms with Gasteiger partial charge >= 0.3 is 0 Å². The molecule has 4 heteroatoms. The Morgan fingerprint density at radius 1 is 1.38 bits per heavy atom. The van der Waals surface area contributed by atoms with Crippen LogP contribution >= 0.6 is 0 Å². The number of rotatable bonds is 4. The zero-order valence-electron chi connectivity index (χ0n) is 8.54. The van der Waals surface area contributed by atoms with Gasteiger partial charge in [-0.05, 0) is 6.92 Å². The summed E-state index contributed by atoms with van der Waals surface area (Å²) in [6.45, 7) is 3.79. The highest BCUT2D eigenvalue weighted by molar-refractivity contribution is 4.83. The zero-order chi connectivity index (χ0) is 9.73. The standard InChI is InChI=1S/C9H18O4/c1-4-13-8-7-12-6-5-9(8,10-2)11-3/h8H,4-7H2,1-3H3/t8-/m0/s1. The van der Waals surface area contributed by atoms with Gasteiger partial charge in [0.1, 0.15) is 6.10 Å². The summed E-state index contributed by atoms with van der Waals surface area (Å²) in [5.41, 5.74) is 0. The largest absolute Gasteiger partial charge is 0.378 e. The smallest absolute Gasteiger partial charge is 0.198 e. The summed E-state index contributed by atoms with van der Waals surface area (Å²) >= 11 is 0. The molecule has 4 nitrogen and oxygen atoms in total. The van der Waals surface area contributed by atoms with E-state index < -0.39 is 5.79 Å². The third kappa shape index (κ3) is 2.20. The number of hydrogen-bond acceptors (Lipinski definition) is 4. The Kier molecular flexibility index (Phi) is 4.12. The molecule has 0 unspecified atom stereocenters. The molecule has 0 saturated carbocycles. The lowest BCUT2D eigenvalue weighted by atomic mass is 10.0. The van der Waals surface area contributed by atoms with Crippen LogP contribution in [0.2, 0.25) is 0 Å². The fraction of sp³-hybridized carbons (Fsp3) is 1.00. The third-order valence-corrected chi connectivity index (χ3v) is 2.41. The quantitative estimate of drug-likeness (QED) is 0.614. The minimum absolute atomic E-state index is 0.124. The molecule has 0 N–H and O–H groups in total. The van der Waals surface area contributed by atoms with Gasteiger partial charge in [-0.3, -0.25) is 0 Å². The number of hydrogen-bond donors (Lipinski definition) is 0. The summed E-state index contributed by atoms with van der Waals surface area (Å²) in [7, 11) is 3.28. The lowest BCUT2D eigenvalue weighted by molar-refractivity contribution is -0.302. The van der Waals surface area contributed by atoms with Crippen LogP contribution in [0.15, 0.2) is 0 Å². The van der Waals surface area contributed by atoms with Crippen LogP contribution in [0.5, 0.6) is 0 Å². The van der Waals surface area contributed by atoms with Gasteiger partial charge in [-0.2, -0.15) is 0 Å². The second-order valence-electron chi connectivity index (χ2n) is 2.99. The maximum absolute atomic E-state index is 5.51. The highest BCUT2D eigenvalue weighted by Crippen LogP contribution is 2.27. The van der Waals surface area contributed by atoms with Gasteiger partial charge in [-0.25, -0.2) is 0 Å². The minimum Gasteiger partial charge on any atom is -0.378 e. The molecule has 1 aliphatic rings. The molecule has 13 heavy (non-hydrogen) atoms. The zero-order valence-corrected chi connectivity index (χ0v) is 8.54. The maximum Gasteiger partial charge on any atom is 0.198 e. The van der Waals surface area contributed by atoms with E-state index in [0.29, 0.717) is 26.2 Å². The second kappa shape index (κ2) is 4.91. The van der Waals surface area contributed by atoms with Crippen LogP contribution in [0.1, 0.15) is 13.3 Å². The van der Waals surface area contributed by atoms with E-state index in [0.717, 1.165) is 0 Å². The topological polar surface area (TPSA) is 36.9 Å². The molecule has 1 aliphatic heterocycles. The fourth-order valence-electron chi connectivity index (χ4n) is 1.62. The highest BCUT2D eigenvalue weighted by Gasteiger charge is 2.42. The molecule has 1 atom stereocenters. The number of methoxy groups -OCH3 is 2. The molecule has 78 valence electrons. The molecule has 1 fully saturated rings. The first-order valence-electron chi connectivity index (χ1n) is 4.58. The first kappa shape index (κ1) is 10.9. The van der Waals surface area contributed by atoms with Crippen molar-refractivity contribution in [3.63, 3.8) is 0 Å². The van der Waals surface area contributed by atoms with E-state index in [1.54, 1.807) is 14.2 Å². The summed E-state index contributed by atoms with van der Waals surface area (Å²) in [5.74, 6) is -0.617. The molecule has 0 amide bonds. The summed E-state index contributed by atoms with van der Waals surface area (Å²) in [6.07, 6.45) is 0.589. The molecule has 1 rings (SSSR count). The Morgan fingerprint density at radius 2 is 2.08 bits per heavy atom. The van der Waals surface area contributed by atoms with Gasteiger partial charge in [0.15, 0.2) is 5.79 Å². The van der Waals surface area contributed by atoms with Crippen molar-refractivity contribution in [3.8, 4) is 0 Å². The monoisotopic (exact) mass is 190 g/mol. The molecular weight excluding hydrogens is 172 g/mol. The van der Waals surface area contributed by atoms with Crippen LogP contribution in [-0.2, 0) is 18.9 Å². The average Bonchev–Trinajstić information content (AvgIpc) is 2.20. The Balaban J connectivity index is 2.63. The van der Waals surface area contributed by atoms with E-state index in [-0.39, 0.29) is 6.10 Å². The van der Waals surface area contributed by atoms with E-state index in [2.05, 4.69) is 0 Å². The van der Waals surface area contributed by atoms with E-state index in [4.69, 9.17) is 18.9 Å². The molecular formula is C9H18O4. The van der Waals surface area contributed by atoms with E-state index in [9.17, 15) is 0 Å². The van der Waals surface area contributed by atoms with Gasteiger partial charge in [0, 0.05) is 27.2 Å². The average molecular weight is 190 g/mol. The second-order valence-corrected chi connectivity index (χ2v) is 2.99. The van der Waals surface area contributed by atoms with Crippen molar-refractivity contribution in [2.75, 3.05) is 34.0 Å². The first-order valence-corrected chi connectivity index (χ1v) is 4.58. The molecule has 1 heterocycles. The van der Waals surface area contributed by atoms with Gasteiger partial charge in [0.05, 0.1) is 13.2 Å². The molecule has 0 aliphatic carbocycles. The van der Waals surface area contributed by atoms with Crippen molar-refractivity contribution in [2.45, 2.75) is 25.2 Å². The lowest BCUT2D eigenvalue weighted by Gasteiger charge is -2.40. The van der Waals surface area contributed by atoms with E-state index in [1.165, 1.54) is 0 Å². The molecule has 0 aromatic rings. The van der Waals surface area contributed by atoms with E-state index >= 15 is 0 Å². The number of ether oxygens (including phenoxy) is 4. The van der Waals surface area contributed by atoms with Gasteiger partial charge in [0.2, 0.25) is 0 Å². The van der Waals surface area contributed by atoms with Gasteiger partial charge in [-0.1, -0.05) is 0 Å². The van der Waals surface area contributed by atoms with Gasteiger partial charge in [0.25, 0.3) is 0 Å². The van der Waals surface area contributed by atoms with Crippen molar-refractivity contribution >= 4 is 0 Å². The molecule has 0 aromatic heterocycles. The summed E-state index contributed by atoms with van der Waals surface area (Å²) < 4.78 is 21.5. The van der Waals surface area contributed by atoms with Gasteiger partial charge < -0.3 is 18.9 Å². The predicted octanol–water partition coefficient (Wildman–Crippen LogP) is 0.801. The van der Waals surface area contributed by atoms with Crippen molar-refractivity contribution in [1.29, 1.82) is 0 Å². The predicted molar refractivity (Wildman–Crippen MR) is 47.6 cm³/mol. The van der Waals surface area contributed by atoms with Crippen LogP contribution in [0, 0.1) is 0 Å². The molecule has 1 saturated heterocycles. The van der Waals surface area contributed by atoms with Crippen LogP contribution in [0.4, 0.5) is 0 Å². The SMILES string of the molecule is CCO[C@H]1COCCC1(OC)OC. The van der Waals surface area contributed by atoms with Crippen molar-refractivity contribution in [3.05, 3.63) is 0 Å². The molecule has 0 aromatic carbocycles. The highest BCUT2D eigenvalue weighted by atomic mass is 16.7. The van der Waals surface area contributed by atoms with Crippen LogP contribution in [0.3, 0.4) is 0 Å². The molecule has 0 radical (unpaired) electrons. The van der Waals surface area contributed by atoms with Crippen LogP contribution in [-0.4, -0.2) is 45.9 Å². The molecule has 0 spiro atoms. The Morgan fingerprint density at radius 3 is 2.62 bits per heavy atom. The normalized spacial score (nSPS) is 27.5. The summed E-state index contributed by atoms with van der Waals surface area (Å²) in [4.78, 5) is 0. The van der Waals surface area contributed by atoms with Crippen molar-refractivity contribution < 1.29 is 18.9 Å². The summed E-state index contributed by atoms with van der Waals surface area (Å²) in [5, 5.41) is 0. The van der Waals surface area contributed by atoms with Crippen molar-refractivity contribution in [2.24, 2.45) is 0 Å². The van der Waals surface area contributed by atoms with Gasteiger partial charge in [-0.15, -0.1) is 0 Å². The van der Waals surface area contributed by atoms with Crippen molar-refractivity contribution in [1.82, 2.24) is 0 Å². The first-order chi connectivity index (χ1) is 6.29. The Bertz CT molecular complexity index is 143. The summed E-state index contributed by atoms with van der Waals surface area (Å²) in [6, 6.07) is 0. The minimum atomic E-state index is -0.617. The van der Waals surface area contributed by atoms with Crippen LogP contribution in [0.25, 0.3) is 0 Å².